The van der Waals surface area contributed by atoms with Crippen molar-refractivity contribution in [2.75, 3.05) is 6.54 Å². The van der Waals surface area contributed by atoms with Crippen molar-refractivity contribution in [3.05, 3.63) is 0 Å². The molecule has 1 N–H and O–H groups in total. The van der Waals surface area contributed by atoms with E-state index in [1.54, 1.807) is 13.8 Å². The van der Waals surface area contributed by atoms with E-state index in [-0.39, 0.29) is 12.3 Å². The summed E-state index contributed by atoms with van der Waals surface area (Å²) >= 11 is 0. The van der Waals surface area contributed by atoms with E-state index >= 15 is 0 Å². The maximum atomic E-state index is 12.0. The second kappa shape index (κ2) is 4.85. The minimum absolute atomic E-state index is 0.0169. The number of carboxylic acid groups (broad SMARTS) is 1. The van der Waals surface area contributed by atoms with Crippen LogP contribution in [0.3, 0.4) is 0 Å². The lowest BCUT2D eigenvalue weighted by molar-refractivity contribution is -0.151. The monoisotopic (exact) mass is 227 g/mol. The molecule has 1 amide bonds. The molecule has 1 rings (SSSR count). The second-order valence-corrected chi connectivity index (χ2v) is 5.18. The first-order chi connectivity index (χ1) is 7.38. The summed E-state index contributed by atoms with van der Waals surface area (Å²) in [6.07, 6.45) is 3.16. The summed E-state index contributed by atoms with van der Waals surface area (Å²) in [5.74, 6) is -0.926. The molecule has 0 aromatic carbocycles. The van der Waals surface area contributed by atoms with Gasteiger partial charge in [-0.2, -0.15) is 0 Å². The lowest BCUT2D eigenvalue weighted by atomic mass is 9.89. The average Bonchev–Trinajstić information content (AvgIpc) is 2.96. The molecule has 1 aliphatic rings. The van der Waals surface area contributed by atoms with E-state index in [0.717, 1.165) is 25.8 Å². The molecule has 0 spiro atoms. The second-order valence-electron chi connectivity index (χ2n) is 5.18. The Hall–Kier alpha value is -1.06. The predicted octanol–water partition coefficient (Wildman–Crippen LogP) is 1.89. The number of carbonyl (C=O) groups is 2. The molecule has 0 saturated heterocycles. The quantitative estimate of drug-likeness (QED) is 0.753. The van der Waals surface area contributed by atoms with Crippen molar-refractivity contribution in [2.24, 2.45) is 5.41 Å². The first-order valence-corrected chi connectivity index (χ1v) is 5.91. The van der Waals surface area contributed by atoms with Crippen LogP contribution in [0.5, 0.6) is 0 Å². The zero-order chi connectivity index (χ0) is 12.3. The number of nitrogens with zero attached hydrogens (tertiary/aromatic N) is 1. The molecule has 0 aromatic heterocycles. The van der Waals surface area contributed by atoms with E-state index in [2.05, 4.69) is 0 Å². The van der Waals surface area contributed by atoms with Gasteiger partial charge in [-0.25, -0.2) is 0 Å². The van der Waals surface area contributed by atoms with Gasteiger partial charge in [0.2, 0.25) is 5.91 Å². The molecular weight excluding hydrogens is 206 g/mol. The van der Waals surface area contributed by atoms with Crippen LogP contribution in [-0.4, -0.2) is 34.5 Å². The highest BCUT2D eigenvalue weighted by Crippen LogP contribution is 2.30. The molecule has 0 heterocycles. The number of hydrogen-bond donors (Lipinski definition) is 1. The summed E-state index contributed by atoms with van der Waals surface area (Å²) in [5, 5.41) is 8.99. The molecule has 0 atom stereocenters. The SMILES string of the molecule is CCCN(C(=O)CC(C)(C)C(=O)O)C1CC1. The fraction of sp³-hybridized carbons (Fsp3) is 0.833. The van der Waals surface area contributed by atoms with Crippen LogP contribution in [0, 0.1) is 5.41 Å². The Morgan fingerprint density at radius 1 is 1.38 bits per heavy atom. The first-order valence-electron chi connectivity index (χ1n) is 5.91. The molecule has 0 bridgehead atoms. The van der Waals surface area contributed by atoms with Crippen molar-refractivity contribution in [1.29, 1.82) is 0 Å². The fourth-order valence-electron chi connectivity index (χ4n) is 1.69. The highest BCUT2D eigenvalue weighted by atomic mass is 16.4. The van der Waals surface area contributed by atoms with Crippen LogP contribution in [0.25, 0.3) is 0 Å². The number of hydrogen-bond acceptors (Lipinski definition) is 2. The molecule has 4 heteroatoms. The van der Waals surface area contributed by atoms with Crippen LogP contribution >= 0.6 is 0 Å². The molecule has 0 aliphatic heterocycles. The Kier molecular flexibility index (Phi) is 3.94. The Morgan fingerprint density at radius 3 is 2.31 bits per heavy atom. The summed E-state index contributed by atoms with van der Waals surface area (Å²) in [7, 11) is 0. The number of carboxylic acids is 1. The van der Waals surface area contributed by atoms with E-state index < -0.39 is 11.4 Å². The molecule has 4 nitrogen and oxygen atoms in total. The van der Waals surface area contributed by atoms with Crippen molar-refractivity contribution in [3.63, 3.8) is 0 Å². The van der Waals surface area contributed by atoms with Crippen molar-refractivity contribution in [3.8, 4) is 0 Å². The minimum Gasteiger partial charge on any atom is -0.481 e. The van der Waals surface area contributed by atoms with Crippen molar-refractivity contribution in [1.82, 2.24) is 4.90 Å². The zero-order valence-corrected chi connectivity index (χ0v) is 10.3. The van der Waals surface area contributed by atoms with Gasteiger partial charge in [0, 0.05) is 19.0 Å². The lowest BCUT2D eigenvalue weighted by Crippen LogP contribution is -2.38. The Bertz CT molecular complexity index is 282. The third-order valence-corrected chi connectivity index (χ3v) is 2.94. The molecule has 92 valence electrons. The Labute approximate surface area is 96.6 Å². The standard InChI is InChI=1S/C12H21NO3/c1-4-7-13(9-5-6-9)10(14)8-12(2,3)11(15)16/h9H,4-8H2,1-3H3,(H,15,16). The van der Waals surface area contributed by atoms with E-state index in [1.807, 2.05) is 11.8 Å². The molecule has 16 heavy (non-hydrogen) atoms. The van der Waals surface area contributed by atoms with Crippen LogP contribution in [0.15, 0.2) is 0 Å². The number of rotatable bonds is 6. The largest absolute Gasteiger partial charge is 0.481 e. The molecule has 0 radical (unpaired) electrons. The maximum Gasteiger partial charge on any atom is 0.309 e. The first kappa shape index (κ1) is 13.0. The fourth-order valence-corrected chi connectivity index (χ4v) is 1.69. The molecular formula is C12H21NO3. The van der Waals surface area contributed by atoms with Gasteiger partial charge < -0.3 is 10.0 Å². The van der Waals surface area contributed by atoms with Gasteiger partial charge in [-0.3, -0.25) is 9.59 Å². The van der Waals surface area contributed by atoms with E-state index in [0.29, 0.717) is 6.04 Å². The Balaban J connectivity index is 2.58. The minimum atomic E-state index is -0.960. The van der Waals surface area contributed by atoms with E-state index in [4.69, 9.17) is 5.11 Å². The maximum absolute atomic E-state index is 12.0. The summed E-state index contributed by atoms with van der Waals surface area (Å²) in [4.78, 5) is 24.8. The van der Waals surface area contributed by atoms with Crippen molar-refractivity contribution < 1.29 is 14.7 Å². The van der Waals surface area contributed by atoms with Gasteiger partial charge in [-0.05, 0) is 33.1 Å². The highest BCUT2D eigenvalue weighted by molar-refractivity contribution is 5.84. The zero-order valence-electron chi connectivity index (χ0n) is 10.3. The third-order valence-electron chi connectivity index (χ3n) is 2.94. The van der Waals surface area contributed by atoms with Crippen LogP contribution in [-0.2, 0) is 9.59 Å². The van der Waals surface area contributed by atoms with Crippen LogP contribution < -0.4 is 0 Å². The average molecular weight is 227 g/mol. The normalized spacial score (nSPS) is 15.9. The number of amides is 1. The van der Waals surface area contributed by atoms with Gasteiger partial charge >= 0.3 is 5.97 Å². The summed E-state index contributed by atoms with van der Waals surface area (Å²) in [6, 6.07) is 0.372. The third kappa shape index (κ3) is 3.22. The number of carbonyl (C=O) groups excluding carboxylic acids is 1. The van der Waals surface area contributed by atoms with Crippen molar-refractivity contribution >= 4 is 11.9 Å². The lowest BCUT2D eigenvalue weighted by Gasteiger charge is -2.26. The topological polar surface area (TPSA) is 57.6 Å². The van der Waals surface area contributed by atoms with Gasteiger partial charge in [0.1, 0.15) is 0 Å². The van der Waals surface area contributed by atoms with Crippen LogP contribution in [0.4, 0.5) is 0 Å². The molecule has 1 fully saturated rings. The smallest absolute Gasteiger partial charge is 0.309 e. The van der Waals surface area contributed by atoms with Gasteiger partial charge in [-0.1, -0.05) is 6.92 Å². The van der Waals surface area contributed by atoms with Crippen molar-refractivity contribution in [2.45, 2.75) is 52.5 Å². The number of aliphatic carboxylic acids is 1. The van der Waals surface area contributed by atoms with Crippen LogP contribution in [0.1, 0.15) is 46.5 Å². The van der Waals surface area contributed by atoms with E-state index in [9.17, 15) is 9.59 Å². The summed E-state index contributed by atoms with van der Waals surface area (Å²) in [5.41, 5.74) is -0.960. The van der Waals surface area contributed by atoms with E-state index in [1.165, 1.54) is 0 Å². The molecule has 0 aromatic rings. The van der Waals surface area contributed by atoms with Gasteiger partial charge in [0.15, 0.2) is 0 Å². The van der Waals surface area contributed by atoms with Gasteiger partial charge in [0.05, 0.1) is 5.41 Å². The van der Waals surface area contributed by atoms with Gasteiger partial charge in [-0.15, -0.1) is 0 Å². The molecule has 1 saturated carbocycles. The molecule has 1 aliphatic carbocycles. The van der Waals surface area contributed by atoms with Gasteiger partial charge in [0.25, 0.3) is 0 Å². The summed E-state index contributed by atoms with van der Waals surface area (Å²) < 4.78 is 0. The predicted molar refractivity (Wildman–Crippen MR) is 61.1 cm³/mol. The Morgan fingerprint density at radius 2 is 1.94 bits per heavy atom. The van der Waals surface area contributed by atoms with Crippen LogP contribution in [0.2, 0.25) is 0 Å². The summed E-state index contributed by atoms with van der Waals surface area (Å²) in [6.45, 7) is 5.98. The highest BCUT2D eigenvalue weighted by Gasteiger charge is 2.37. The molecule has 0 unspecified atom stereocenters.